The molecule has 3 nitrogen and oxygen atoms in total. The van der Waals surface area contributed by atoms with E-state index in [2.05, 4.69) is 4.98 Å². The predicted octanol–water partition coefficient (Wildman–Crippen LogP) is 4.47. The summed E-state index contributed by atoms with van der Waals surface area (Å²) in [5.41, 5.74) is 1.66. The Labute approximate surface area is 124 Å². The summed E-state index contributed by atoms with van der Waals surface area (Å²) in [7, 11) is 0. The lowest BCUT2D eigenvalue weighted by Crippen LogP contribution is -2.03. The van der Waals surface area contributed by atoms with Crippen molar-refractivity contribution >= 4 is 34.1 Å². The second-order valence-corrected chi connectivity index (χ2v) is 5.29. The van der Waals surface area contributed by atoms with Crippen molar-refractivity contribution in [1.29, 1.82) is 0 Å². The van der Waals surface area contributed by atoms with E-state index in [0.29, 0.717) is 26.5 Å². The van der Waals surface area contributed by atoms with Crippen LogP contribution in [0.2, 0.25) is 10.0 Å². The zero-order valence-corrected chi connectivity index (χ0v) is 12.0. The van der Waals surface area contributed by atoms with Crippen molar-refractivity contribution in [3.63, 3.8) is 0 Å². The topological polar surface area (TPSA) is 43.1 Å². The van der Waals surface area contributed by atoms with Gasteiger partial charge in [-0.2, -0.15) is 0 Å². The van der Waals surface area contributed by atoms with Crippen molar-refractivity contribution < 1.29 is 4.42 Å². The van der Waals surface area contributed by atoms with E-state index in [9.17, 15) is 4.79 Å². The summed E-state index contributed by atoms with van der Waals surface area (Å²) in [6.07, 6.45) is 0. The molecule has 2 aromatic carbocycles. The van der Waals surface area contributed by atoms with Gasteiger partial charge in [0.25, 0.3) is 0 Å². The molecule has 3 rings (SSSR count). The predicted molar refractivity (Wildman–Crippen MR) is 80.5 cm³/mol. The normalized spacial score (nSPS) is 10.9. The van der Waals surface area contributed by atoms with Gasteiger partial charge in [0.15, 0.2) is 0 Å². The molecule has 0 aliphatic heterocycles. The molecule has 0 atom stereocenters. The molecular weight excluding hydrogens is 297 g/mol. The van der Waals surface area contributed by atoms with Gasteiger partial charge in [0.2, 0.25) is 5.89 Å². The maximum absolute atomic E-state index is 12.0. The van der Waals surface area contributed by atoms with Gasteiger partial charge in [-0.05, 0) is 37.3 Å². The molecule has 20 heavy (non-hydrogen) atoms. The van der Waals surface area contributed by atoms with Gasteiger partial charge in [0.05, 0.1) is 21.5 Å². The number of rotatable bonds is 1. The lowest BCUT2D eigenvalue weighted by atomic mass is 10.1. The molecule has 1 heterocycles. The van der Waals surface area contributed by atoms with Gasteiger partial charge >= 0.3 is 5.63 Å². The van der Waals surface area contributed by atoms with Crippen LogP contribution in [0.1, 0.15) is 5.56 Å². The fourth-order valence-electron chi connectivity index (χ4n) is 1.96. The maximum atomic E-state index is 12.0. The van der Waals surface area contributed by atoms with Crippen molar-refractivity contribution in [3.05, 3.63) is 62.4 Å². The van der Waals surface area contributed by atoms with E-state index >= 15 is 0 Å². The van der Waals surface area contributed by atoms with E-state index < -0.39 is 5.63 Å². The maximum Gasteiger partial charge on any atom is 0.347 e. The summed E-state index contributed by atoms with van der Waals surface area (Å²) in [4.78, 5) is 16.4. The van der Waals surface area contributed by atoms with Gasteiger partial charge in [0, 0.05) is 5.02 Å². The average Bonchev–Trinajstić information content (AvgIpc) is 2.39. The molecule has 0 fully saturated rings. The third-order valence-corrected chi connectivity index (χ3v) is 3.49. The van der Waals surface area contributed by atoms with Crippen LogP contribution >= 0.6 is 23.2 Å². The Morgan fingerprint density at radius 2 is 1.90 bits per heavy atom. The third kappa shape index (κ3) is 2.30. The number of hydrogen-bond donors (Lipinski definition) is 0. The van der Waals surface area contributed by atoms with Crippen molar-refractivity contribution in [2.24, 2.45) is 0 Å². The van der Waals surface area contributed by atoms with E-state index in [0.717, 1.165) is 5.56 Å². The molecule has 1 aromatic heterocycles. The molecule has 5 heteroatoms. The Morgan fingerprint density at radius 1 is 1.10 bits per heavy atom. The van der Waals surface area contributed by atoms with Crippen LogP contribution < -0.4 is 5.63 Å². The lowest BCUT2D eigenvalue weighted by molar-refractivity contribution is 0.518. The number of fused-ring (bicyclic) bond motifs is 1. The fraction of sp³-hybridized carbons (Fsp3) is 0.0667. The Hall–Kier alpha value is -1.84. The van der Waals surface area contributed by atoms with Crippen LogP contribution in [0, 0.1) is 6.92 Å². The number of benzene rings is 2. The largest absolute Gasteiger partial charge is 0.403 e. The highest BCUT2D eigenvalue weighted by Crippen LogP contribution is 2.29. The van der Waals surface area contributed by atoms with Gasteiger partial charge in [-0.15, -0.1) is 0 Å². The third-order valence-electron chi connectivity index (χ3n) is 2.94. The van der Waals surface area contributed by atoms with Crippen LogP contribution in [0.25, 0.3) is 22.4 Å². The summed E-state index contributed by atoms with van der Waals surface area (Å²) >= 11 is 12.0. The first kappa shape index (κ1) is 13.2. The number of halogens is 2. The number of hydrogen-bond acceptors (Lipinski definition) is 3. The minimum Gasteiger partial charge on any atom is -0.403 e. The van der Waals surface area contributed by atoms with Crippen LogP contribution in [-0.4, -0.2) is 4.98 Å². The minimum atomic E-state index is -0.431. The number of aryl methyl sites for hydroxylation is 1. The van der Waals surface area contributed by atoms with Gasteiger partial charge in [-0.25, -0.2) is 9.78 Å². The van der Waals surface area contributed by atoms with Crippen molar-refractivity contribution in [3.8, 4) is 11.5 Å². The highest BCUT2D eigenvalue weighted by molar-refractivity contribution is 6.36. The molecule has 0 aliphatic carbocycles. The molecule has 0 radical (unpaired) electrons. The zero-order chi connectivity index (χ0) is 14.3. The fourth-order valence-corrected chi connectivity index (χ4v) is 2.45. The van der Waals surface area contributed by atoms with Crippen LogP contribution in [-0.2, 0) is 0 Å². The second-order valence-electron chi connectivity index (χ2n) is 4.45. The van der Waals surface area contributed by atoms with Crippen LogP contribution in [0.15, 0.2) is 45.6 Å². The first-order chi connectivity index (χ1) is 9.54. The standard InChI is InChI=1S/C15H9Cl2NO2/c1-8-2-5-13-11(6-8)15(19)20-14(18-13)10-4-3-9(16)7-12(10)17/h2-7H,1H3. The van der Waals surface area contributed by atoms with Crippen molar-refractivity contribution in [2.45, 2.75) is 6.92 Å². The quantitative estimate of drug-likeness (QED) is 0.666. The Bertz CT molecular complexity index is 871. The average molecular weight is 306 g/mol. The Kier molecular flexibility index (Phi) is 3.24. The van der Waals surface area contributed by atoms with Gasteiger partial charge in [0.1, 0.15) is 0 Å². The van der Waals surface area contributed by atoms with E-state index in [1.807, 2.05) is 13.0 Å². The number of nitrogens with zero attached hydrogens (tertiary/aromatic N) is 1. The smallest absolute Gasteiger partial charge is 0.347 e. The van der Waals surface area contributed by atoms with E-state index in [1.165, 1.54) is 0 Å². The summed E-state index contributed by atoms with van der Waals surface area (Å²) in [6.45, 7) is 1.91. The summed E-state index contributed by atoms with van der Waals surface area (Å²) < 4.78 is 5.26. The molecule has 3 aromatic rings. The molecule has 0 amide bonds. The molecule has 0 saturated carbocycles. The SMILES string of the molecule is Cc1ccc2nc(-c3ccc(Cl)cc3Cl)oc(=O)c2c1. The van der Waals surface area contributed by atoms with Gasteiger partial charge in [-0.1, -0.05) is 34.8 Å². The molecule has 0 N–H and O–H groups in total. The monoisotopic (exact) mass is 305 g/mol. The molecular formula is C15H9Cl2NO2. The van der Waals surface area contributed by atoms with E-state index in [1.54, 1.807) is 30.3 Å². The van der Waals surface area contributed by atoms with Gasteiger partial charge in [-0.3, -0.25) is 0 Å². The van der Waals surface area contributed by atoms with Crippen molar-refractivity contribution in [2.75, 3.05) is 0 Å². The molecule has 0 bridgehead atoms. The molecule has 100 valence electrons. The van der Waals surface area contributed by atoms with Gasteiger partial charge < -0.3 is 4.42 Å². The highest BCUT2D eigenvalue weighted by Gasteiger charge is 2.12. The van der Waals surface area contributed by atoms with Crippen LogP contribution in [0.5, 0.6) is 0 Å². The first-order valence-electron chi connectivity index (χ1n) is 5.91. The Morgan fingerprint density at radius 3 is 2.65 bits per heavy atom. The molecule has 0 unspecified atom stereocenters. The lowest BCUT2D eigenvalue weighted by Gasteiger charge is -2.04. The molecule has 0 aliphatic rings. The second kappa shape index (κ2) is 4.93. The minimum absolute atomic E-state index is 0.188. The summed E-state index contributed by atoms with van der Waals surface area (Å²) in [5, 5.41) is 1.36. The number of aromatic nitrogens is 1. The molecule has 0 spiro atoms. The highest BCUT2D eigenvalue weighted by atomic mass is 35.5. The van der Waals surface area contributed by atoms with Crippen LogP contribution in [0.3, 0.4) is 0 Å². The van der Waals surface area contributed by atoms with Crippen molar-refractivity contribution in [1.82, 2.24) is 4.98 Å². The summed E-state index contributed by atoms with van der Waals surface area (Å²) in [6, 6.07) is 10.4. The van der Waals surface area contributed by atoms with E-state index in [4.69, 9.17) is 27.6 Å². The zero-order valence-electron chi connectivity index (χ0n) is 10.5. The first-order valence-corrected chi connectivity index (χ1v) is 6.67. The summed E-state index contributed by atoms with van der Waals surface area (Å²) in [5.74, 6) is 0.188. The van der Waals surface area contributed by atoms with E-state index in [-0.39, 0.29) is 5.89 Å². The Balaban J connectivity index is 2.27. The van der Waals surface area contributed by atoms with Crippen LogP contribution in [0.4, 0.5) is 0 Å². The molecule has 0 saturated heterocycles.